The van der Waals surface area contributed by atoms with Gasteiger partial charge in [-0.15, -0.1) is 11.3 Å². The van der Waals surface area contributed by atoms with Gasteiger partial charge in [-0.3, -0.25) is 4.98 Å². The van der Waals surface area contributed by atoms with Crippen LogP contribution in [0.4, 0.5) is 4.39 Å². The van der Waals surface area contributed by atoms with E-state index in [1.54, 1.807) is 0 Å². The van der Waals surface area contributed by atoms with Gasteiger partial charge in [0.1, 0.15) is 5.82 Å². The van der Waals surface area contributed by atoms with E-state index in [1.165, 1.54) is 37.9 Å². The summed E-state index contributed by atoms with van der Waals surface area (Å²) in [6.45, 7) is 0. The number of hydrogen-bond acceptors (Lipinski definition) is 2. The van der Waals surface area contributed by atoms with Gasteiger partial charge in [0.25, 0.3) is 0 Å². The molecule has 0 saturated carbocycles. The Kier molecular flexibility index (Phi) is 4.90. The van der Waals surface area contributed by atoms with E-state index >= 15 is 0 Å². The maximum absolute atomic E-state index is 13.3. The van der Waals surface area contributed by atoms with Crippen molar-refractivity contribution in [2.75, 3.05) is 0 Å². The molecule has 0 N–H and O–H groups in total. The average Bonchev–Trinajstić information content (AvgIpc) is 3.32. The molecule has 0 amide bonds. The lowest BCUT2D eigenvalue weighted by Crippen LogP contribution is -1.86. The average molecular weight is 482 g/mol. The second-order valence-corrected chi connectivity index (χ2v) is 10.0. The van der Waals surface area contributed by atoms with Gasteiger partial charge in [-0.05, 0) is 63.9 Å². The Bertz CT molecular complexity index is 1880. The van der Waals surface area contributed by atoms with Crippen LogP contribution in [-0.2, 0) is 0 Å². The predicted molar refractivity (Wildman–Crippen MR) is 151 cm³/mol. The van der Waals surface area contributed by atoms with Gasteiger partial charge < -0.3 is 0 Å². The molecule has 1 nitrogen and oxygen atoms in total. The summed E-state index contributed by atoms with van der Waals surface area (Å²) in [7, 11) is 0. The highest BCUT2D eigenvalue weighted by molar-refractivity contribution is 7.26. The first-order valence-electron chi connectivity index (χ1n) is 11.9. The summed E-state index contributed by atoms with van der Waals surface area (Å²) in [5.41, 5.74) is 6.48. The van der Waals surface area contributed by atoms with Gasteiger partial charge in [0.05, 0.1) is 5.69 Å². The molecule has 170 valence electrons. The summed E-state index contributed by atoms with van der Waals surface area (Å²) in [5.74, 6) is -0.218. The van der Waals surface area contributed by atoms with Crippen LogP contribution in [0.15, 0.2) is 121 Å². The number of rotatable bonds is 3. The summed E-state index contributed by atoms with van der Waals surface area (Å²) in [6, 6.07) is 38.8. The molecule has 0 fully saturated rings. The highest BCUT2D eigenvalue weighted by atomic mass is 32.1. The minimum atomic E-state index is -0.218. The van der Waals surface area contributed by atoms with E-state index in [4.69, 9.17) is 4.98 Å². The third-order valence-electron chi connectivity index (χ3n) is 6.79. The van der Waals surface area contributed by atoms with Crippen molar-refractivity contribution in [3.05, 3.63) is 127 Å². The minimum absolute atomic E-state index is 0.218. The molecule has 0 bridgehead atoms. The zero-order chi connectivity index (χ0) is 24.1. The van der Waals surface area contributed by atoms with Crippen LogP contribution >= 0.6 is 11.3 Å². The topological polar surface area (TPSA) is 12.9 Å². The van der Waals surface area contributed by atoms with Crippen molar-refractivity contribution >= 4 is 42.3 Å². The van der Waals surface area contributed by atoms with Crippen LogP contribution < -0.4 is 0 Å². The predicted octanol–water partition coefficient (Wildman–Crippen LogP) is 9.74. The lowest BCUT2D eigenvalue weighted by atomic mass is 9.98. The van der Waals surface area contributed by atoms with Gasteiger partial charge in [0.2, 0.25) is 0 Å². The Morgan fingerprint density at radius 2 is 1.22 bits per heavy atom. The number of fused-ring (bicyclic) bond motifs is 4. The standard InChI is InChI=1S/C33H20FNS/c34-27-15-12-21(13-16-27)22-8-9-24-19-25(11-10-23(24)18-22)26-14-17-31(35-20-26)30-6-3-5-29-28-4-1-2-7-32(28)36-33(29)30/h1-20H. The summed E-state index contributed by atoms with van der Waals surface area (Å²) < 4.78 is 15.9. The van der Waals surface area contributed by atoms with E-state index in [-0.39, 0.29) is 5.82 Å². The summed E-state index contributed by atoms with van der Waals surface area (Å²) in [6.07, 6.45) is 1.97. The van der Waals surface area contributed by atoms with Gasteiger partial charge in [-0.2, -0.15) is 0 Å². The highest BCUT2D eigenvalue weighted by Crippen LogP contribution is 2.39. The number of aromatic nitrogens is 1. The second-order valence-electron chi connectivity index (χ2n) is 9.00. The Hall–Kier alpha value is -4.34. The fraction of sp³-hybridized carbons (Fsp3) is 0. The number of halogens is 1. The molecule has 0 unspecified atom stereocenters. The fourth-order valence-corrected chi connectivity index (χ4v) is 6.15. The number of hydrogen-bond donors (Lipinski definition) is 0. The fourth-order valence-electron chi connectivity index (χ4n) is 4.92. The molecule has 0 atom stereocenters. The van der Waals surface area contributed by atoms with Crippen molar-refractivity contribution in [3.63, 3.8) is 0 Å². The number of nitrogens with zero attached hydrogens (tertiary/aromatic N) is 1. The molecular weight excluding hydrogens is 461 g/mol. The Balaban J connectivity index is 1.23. The normalized spacial score (nSPS) is 11.5. The third kappa shape index (κ3) is 3.57. The van der Waals surface area contributed by atoms with E-state index in [0.29, 0.717) is 0 Å². The molecule has 0 aliphatic heterocycles. The van der Waals surface area contributed by atoms with Crippen LogP contribution in [0.25, 0.3) is 64.5 Å². The van der Waals surface area contributed by atoms with Crippen molar-refractivity contribution < 1.29 is 4.39 Å². The zero-order valence-corrected chi connectivity index (χ0v) is 20.1. The second kappa shape index (κ2) is 8.40. The first-order chi connectivity index (χ1) is 17.7. The molecule has 0 aliphatic carbocycles. The molecular formula is C33H20FNS. The van der Waals surface area contributed by atoms with Crippen molar-refractivity contribution in [3.8, 4) is 33.5 Å². The van der Waals surface area contributed by atoms with Crippen LogP contribution in [0.3, 0.4) is 0 Å². The van der Waals surface area contributed by atoms with Gasteiger partial charge in [0, 0.05) is 37.5 Å². The Labute approximate surface area is 212 Å². The molecule has 0 aliphatic rings. The van der Waals surface area contributed by atoms with Gasteiger partial charge in [0.15, 0.2) is 0 Å². The Morgan fingerprint density at radius 1 is 0.556 bits per heavy atom. The van der Waals surface area contributed by atoms with Crippen molar-refractivity contribution in [2.24, 2.45) is 0 Å². The van der Waals surface area contributed by atoms with E-state index in [0.717, 1.165) is 38.7 Å². The molecule has 2 aromatic heterocycles. The first kappa shape index (κ1) is 21.0. The van der Waals surface area contributed by atoms with E-state index in [9.17, 15) is 4.39 Å². The smallest absolute Gasteiger partial charge is 0.123 e. The molecule has 7 aromatic rings. The van der Waals surface area contributed by atoms with Crippen molar-refractivity contribution in [1.82, 2.24) is 4.98 Å². The minimum Gasteiger partial charge on any atom is -0.256 e. The van der Waals surface area contributed by atoms with Gasteiger partial charge in [-0.1, -0.05) is 78.9 Å². The molecule has 3 heteroatoms. The van der Waals surface area contributed by atoms with E-state index in [1.807, 2.05) is 29.7 Å². The number of pyridine rings is 1. The molecule has 36 heavy (non-hydrogen) atoms. The molecule has 0 saturated heterocycles. The molecule has 0 radical (unpaired) electrons. The summed E-state index contributed by atoms with van der Waals surface area (Å²) >= 11 is 1.83. The zero-order valence-electron chi connectivity index (χ0n) is 19.3. The van der Waals surface area contributed by atoms with E-state index < -0.39 is 0 Å². The van der Waals surface area contributed by atoms with Crippen LogP contribution in [0.2, 0.25) is 0 Å². The quantitative estimate of drug-likeness (QED) is 0.245. The third-order valence-corrected chi connectivity index (χ3v) is 8.01. The largest absolute Gasteiger partial charge is 0.256 e. The number of thiophene rings is 1. The molecule has 0 spiro atoms. The maximum atomic E-state index is 13.3. The monoisotopic (exact) mass is 481 g/mol. The van der Waals surface area contributed by atoms with Gasteiger partial charge in [-0.25, -0.2) is 4.39 Å². The highest BCUT2D eigenvalue weighted by Gasteiger charge is 2.11. The van der Waals surface area contributed by atoms with Crippen LogP contribution in [0.1, 0.15) is 0 Å². The molecule has 5 aromatic carbocycles. The molecule has 2 heterocycles. The van der Waals surface area contributed by atoms with Crippen LogP contribution in [-0.4, -0.2) is 4.98 Å². The first-order valence-corrected chi connectivity index (χ1v) is 12.7. The van der Waals surface area contributed by atoms with Crippen LogP contribution in [0, 0.1) is 5.82 Å². The lowest BCUT2D eigenvalue weighted by Gasteiger charge is -2.08. The lowest BCUT2D eigenvalue weighted by molar-refractivity contribution is 0.628. The number of benzene rings is 5. The Morgan fingerprint density at radius 3 is 1.97 bits per heavy atom. The SMILES string of the molecule is Fc1ccc(-c2ccc3cc(-c4ccc(-c5cccc6c5sc5ccccc56)nc4)ccc3c2)cc1. The maximum Gasteiger partial charge on any atom is 0.123 e. The van der Waals surface area contributed by atoms with E-state index in [2.05, 4.69) is 91.0 Å². The van der Waals surface area contributed by atoms with Crippen LogP contribution in [0.5, 0.6) is 0 Å². The van der Waals surface area contributed by atoms with Crippen molar-refractivity contribution in [2.45, 2.75) is 0 Å². The summed E-state index contributed by atoms with van der Waals surface area (Å²) in [4.78, 5) is 4.86. The summed E-state index contributed by atoms with van der Waals surface area (Å²) in [5, 5.41) is 4.90. The van der Waals surface area contributed by atoms with Crippen molar-refractivity contribution in [1.29, 1.82) is 0 Å². The molecule has 7 rings (SSSR count). The van der Waals surface area contributed by atoms with Gasteiger partial charge >= 0.3 is 0 Å².